The van der Waals surface area contributed by atoms with E-state index in [1.165, 1.54) is 0 Å². The number of nitrogens with zero attached hydrogens (tertiary/aromatic N) is 5. The average Bonchev–Trinajstić information content (AvgIpc) is 3.12. The molecule has 0 fully saturated rings. The van der Waals surface area contributed by atoms with Crippen LogP contribution in [-0.2, 0) is 0 Å². The molecule has 0 N–H and O–H groups in total. The molecule has 1 aliphatic heterocycles. The number of anilines is 3. The van der Waals surface area contributed by atoms with Crippen LogP contribution in [0.15, 0.2) is 152 Å². The first-order valence-corrected chi connectivity index (χ1v) is 15.0. The Morgan fingerprint density at radius 3 is 1.84 bits per heavy atom. The molecule has 0 bridgehead atoms. The van der Waals surface area contributed by atoms with Crippen molar-refractivity contribution in [3.8, 4) is 45.2 Å². The van der Waals surface area contributed by atoms with E-state index in [-0.39, 0.29) is 0 Å². The van der Waals surface area contributed by atoms with Gasteiger partial charge in [-0.25, -0.2) is 9.97 Å². The predicted octanol–water partition coefficient (Wildman–Crippen LogP) is 10.0. The van der Waals surface area contributed by atoms with Gasteiger partial charge in [0.25, 0.3) is 0 Å². The smallest absolute Gasteiger partial charge is 0.238 e. The highest BCUT2D eigenvalue weighted by Crippen LogP contribution is 2.50. The maximum absolute atomic E-state index is 5.19. The van der Waals surface area contributed by atoms with Gasteiger partial charge >= 0.3 is 0 Å². The van der Waals surface area contributed by atoms with Crippen LogP contribution in [0.5, 0.6) is 0 Å². The van der Waals surface area contributed by atoms with Crippen molar-refractivity contribution in [3.05, 3.63) is 152 Å². The topological polar surface area (TPSA) is 54.8 Å². The molecule has 0 spiro atoms. The van der Waals surface area contributed by atoms with Crippen LogP contribution in [0.3, 0.4) is 0 Å². The highest BCUT2D eigenvalue weighted by Gasteiger charge is 2.30. The zero-order valence-corrected chi connectivity index (χ0v) is 24.2. The summed E-state index contributed by atoms with van der Waals surface area (Å²) in [4.78, 5) is 22.7. The number of fused-ring (bicyclic) bond motifs is 4. The number of pyridine rings is 1. The summed E-state index contributed by atoms with van der Waals surface area (Å²) in [6, 6.07) is 52.1. The molecule has 1 aliphatic rings. The van der Waals surface area contributed by atoms with Crippen molar-refractivity contribution in [2.45, 2.75) is 0 Å². The normalized spacial score (nSPS) is 12.0. The first-order valence-electron chi connectivity index (χ1n) is 15.0. The zero-order chi connectivity index (χ0) is 29.7. The molecule has 8 aromatic rings. The predicted molar refractivity (Wildman–Crippen MR) is 183 cm³/mol. The molecule has 0 atom stereocenters. The van der Waals surface area contributed by atoms with Crippen LogP contribution in [0.25, 0.3) is 66.8 Å². The molecular weight excluding hydrogens is 550 g/mol. The second kappa shape index (κ2) is 10.2. The lowest BCUT2D eigenvalue weighted by atomic mass is 9.93. The van der Waals surface area contributed by atoms with E-state index in [9.17, 15) is 0 Å². The molecule has 45 heavy (non-hydrogen) atoms. The Bertz CT molecular complexity index is 2390. The van der Waals surface area contributed by atoms with Gasteiger partial charge in [-0.3, -0.25) is 4.90 Å². The minimum atomic E-state index is 0.558. The molecule has 3 heterocycles. The minimum absolute atomic E-state index is 0.558. The first kappa shape index (κ1) is 25.3. The van der Waals surface area contributed by atoms with Gasteiger partial charge in [0, 0.05) is 27.5 Å². The Kier molecular flexibility index (Phi) is 5.74. The second-order valence-corrected chi connectivity index (χ2v) is 11.1. The summed E-state index contributed by atoms with van der Waals surface area (Å²) in [6.45, 7) is 0. The molecule has 210 valence electrons. The Labute approximate surface area is 260 Å². The largest absolute Gasteiger partial charge is 0.278 e. The fourth-order valence-electron chi connectivity index (χ4n) is 6.36. The lowest BCUT2D eigenvalue weighted by molar-refractivity contribution is 1.02. The van der Waals surface area contributed by atoms with Gasteiger partial charge in [0.15, 0.2) is 11.6 Å². The van der Waals surface area contributed by atoms with E-state index in [1.54, 1.807) is 0 Å². The number of para-hydroxylation sites is 2. The van der Waals surface area contributed by atoms with Gasteiger partial charge in [-0.2, -0.15) is 9.97 Å². The van der Waals surface area contributed by atoms with E-state index in [2.05, 4.69) is 114 Å². The Morgan fingerprint density at radius 1 is 0.400 bits per heavy atom. The molecule has 0 radical (unpaired) electrons. The van der Waals surface area contributed by atoms with Crippen molar-refractivity contribution in [1.29, 1.82) is 0 Å². The summed E-state index contributed by atoms with van der Waals surface area (Å²) >= 11 is 0. The van der Waals surface area contributed by atoms with E-state index in [1.807, 2.05) is 42.5 Å². The van der Waals surface area contributed by atoms with Crippen molar-refractivity contribution in [1.82, 2.24) is 19.9 Å². The lowest BCUT2D eigenvalue weighted by Crippen LogP contribution is -2.19. The van der Waals surface area contributed by atoms with E-state index in [0.29, 0.717) is 17.6 Å². The molecule has 2 aromatic heterocycles. The van der Waals surface area contributed by atoms with Crippen LogP contribution in [0.2, 0.25) is 0 Å². The quantitative estimate of drug-likeness (QED) is 0.196. The second-order valence-electron chi connectivity index (χ2n) is 11.1. The van der Waals surface area contributed by atoms with Crippen LogP contribution in [0, 0.1) is 0 Å². The van der Waals surface area contributed by atoms with Gasteiger partial charge in [0.05, 0.1) is 22.6 Å². The summed E-state index contributed by atoms with van der Waals surface area (Å²) < 4.78 is 0. The molecule has 0 saturated heterocycles. The van der Waals surface area contributed by atoms with Crippen LogP contribution in [0.1, 0.15) is 0 Å². The van der Waals surface area contributed by atoms with Gasteiger partial charge < -0.3 is 0 Å². The first-order chi connectivity index (χ1) is 22.3. The Morgan fingerprint density at radius 2 is 1.00 bits per heavy atom. The highest BCUT2D eigenvalue weighted by atomic mass is 15.3. The van der Waals surface area contributed by atoms with Gasteiger partial charge in [-0.15, -0.1) is 0 Å². The third-order valence-corrected chi connectivity index (χ3v) is 8.43. The van der Waals surface area contributed by atoms with Gasteiger partial charge in [0.1, 0.15) is 0 Å². The molecule has 5 heteroatoms. The molecule has 6 aromatic carbocycles. The van der Waals surface area contributed by atoms with Gasteiger partial charge in [-0.05, 0) is 40.8 Å². The standard InChI is InChI=1S/C40H25N5/c1-3-13-26(14-4-1)28-17-11-18-29(25-28)39-42-38(27-15-5-2-6-16-27)43-40(44-39)45-34-23-10-8-20-32(34)37-36-31(21-12-24-35(36)45)30-19-7-9-22-33(30)41-37/h1-25H. The molecule has 5 nitrogen and oxygen atoms in total. The Hall–Kier alpha value is -6.20. The van der Waals surface area contributed by atoms with E-state index >= 15 is 0 Å². The monoisotopic (exact) mass is 575 g/mol. The summed E-state index contributed by atoms with van der Waals surface area (Å²) in [5.74, 6) is 1.79. The third kappa shape index (κ3) is 4.17. The van der Waals surface area contributed by atoms with E-state index in [0.717, 1.165) is 66.6 Å². The molecule has 0 unspecified atom stereocenters. The summed E-state index contributed by atoms with van der Waals surface area (Å²) in [5.41, 5.74) is 9.07. The number of benzene rings is 6. The Balaban J connectivity index is 1.32. The van der Waals surface area contributed by atoms with Crippen LogP contribution >= 0.6 is 0 Å². The lowest BCUT2D eigenvalue weighted by Gasteiger charge is -2.31. The van der Waals surface area contributed by atoms with Crippen molar-refractivity contribution in [2.75, 3.05) is 4.90 Å². The molecule has 0 aliphatic carbocycles. The summed E-state index contributed by atoms with van der Waals surface area (Å²) in [6.07, 6.45) is 0. The zero-order valence-electron chi connectivity index (χ0n) is 24.2. The number of hydrogen-bond donors (Lipinski definition) is 0. The fraction of sp³-hybridized carbons (Fsp3) is 0. The van der Waals surface area contributed by atoms with E-state index < -0.39 is 0 Å². The molecule has 9 rings (SSSR count). The van der Waals surface area contributed by atoms with Gasteiger partial charge in [0.2, 0.25) is 5.95 Å². The van der Waals surface area contributed by atoms with Crippen LogP contribution in [-0.4, -0.2) is 19.9 Å². The number of rotatable bonds is 4. The van der Waals surface area contributed by atoms with Crippen LogP contribution < -0.4 is 4.90 Å². The average molecular weight is 576 g/mol. The summed E-state index contributed by atoms with van der Waals surface area (Å²) in [5, 5.41) is 3.36. The van der Waals surface area contributed by atoms with Crippen molar-refractivity contribution in [3.63, 3.8) is 0 Å². The van der Waals surface area contributed by atoms with Crippen molar-refractivity contribution in [2.24, 2.45) is 0 Å². The fourth-order valence-corrected chi connectivity index (χ4v) is 6.36. The maximum atomic E-state index is 5.19. The van der Waals surface area contributed by atoms with Crippen molar-refractivity contribution < 1.29 is 0 Å². The van der Waals surface area contributed by atoms with Crippen molar-refractivity contribution >= 4 is 39.0 Å². The summed E-state index contributed by atoms with van der Waals surface area (Å²) in [7, 11) is 0. The van der Waals surface area contributed by atoms with E-state index in [4.69, 9.17) is 19.9 Å². The number of aromatic nitrogens is 4. The minimum Gasteiger partial charge on any atom is -0.278 e. The third-order valence-electron chi connectivity index (χ3n) is 8.43. The molecule has 0 amide bonds. The SMILES string of the molecule is c1ccc(-c2cccc(-c3nc(-c4ccccc4)nc(N4c5ccccc5-c5nc6ccccc6c6cccc4c56)n3)c2)cc1. The highest BCUT2D eigenvalue weighted by molar-refractivity contribution is 6.19. The van der Waals surface area contributed by atoms with Crippen LogP contribution in [0.4, 0.5) is 17.3 Å². The maximum Gasteiger partial charge on any atom is 0.238 e. The number of hydrogen-bond acceptors (Lipinski definition) is 5. The molecule has 0 saturated carbocycles. The molecular formula is C40H25N5. The van der Waals surface area contributed by atoms with Gasteiger partial charge in [-0.1, -0.05) is 127 Å².